The Morgan fingerprint density at radius 1 is 0.688 bits per heavy atom. The van der Waals surface area contributed by atoms with Crippen molar-refractivity contribution in [1.82, 2.24) is 10.6 Å². The molecule has 4 N–H and O–H groups in total. The van der Waals surface area contributed by atoms with Gasteiger partial charge in [-0.25, -0.2) is 0 Å². The van der Waals surface area contributed by atoms with E-state index in [0.29, 0.717) is 22.5 Å². The van der Waals surface area contributed by atoms with Crippen LogP contribution in [-0.2, 0) is 9.59 Å². The van der Waals surface area contributed by atoms with Crippen LogP contribution in [0.15, 0.2) is 36.4 Å². The Morgan fingerprint density at radius 3 is 1.53 bits per heavy atom. The number of carbonyl (C=O) groups is 3. The highest BCUT2D eigenvalue weighted by molar-refractivity contribution is 6.22. The first-order valence-corrected chi connectivity index (χ1v) is 11.4. The molecule has 1 aliphatic carbocycles. The lowest BCUT2D eigenvalue weighted by atomic mass is 10.0. The van der Waals surface area contributed by atoms with E-state index in [0.717, 1.165) is 49.9 Å². The Bertz CT molecular complexity index is 910. The van der Waals surface area contributed by atoms with Gasteiger partial charge in [0, 0.05) is 22.5 Å². The van der Waals surface area contributed by atoms with Crippen LogP contribution in [0.5, 0.6) is 0 Å². The number of carbonyl (C=O) groups excluding carboxylic acids is 3. The predicted octanol–water partition coefficient (Wildman–Crippen LogP) is 3.55. The number of nitrogens with one attached hydrogen (secondary N) is 4. The molecule has 0 atom stereocenters. The van der Waals surface area contributed by atoms with Crippen LogP contribution in [0.2, 0.25) is 0 Å². The Balaban J connectivity index is 1.63. The summed E-state index contributed by atoms with van der Waals surface area (Å²) in [4.78, 5) is 37.3. The van der Waals surface area contributed by atoms with Crippen molar-refractivity contribution in [2.75, 3.05) is 36.8 Å². The maximum absolute atomic E-state index is 13.0. The molecule has 1 aliphatic rings. The largest absolute Gasteiger partial charge is 0.325 e. The number of unbranched alkanes of at least 4 members (excludes halogenated alkanes) is 2. The first-order chi connectivity index (χ1) is 15.5. The molecule has 0 bridgehead atoms. The highest BCUT2D eigenvalue weighted by Gasteiger charge is 2.27. The van der Waals surface area contributed by atoms with Crippen molar-refractivity contribution in [2.45, 2.75) is 39.5 Å². The van der Waals surface area contributed by atoms with Crippen molar-refractivity contribution in [3.63, 3.8) is 0 Å². The summed E-state index contributed by atoms with van der Waals surface area (Å²) in [7, 11) is 0. The minimum absolute atomic E-state index is 0.107. The number of anilines is 2. The maximum Gasteiger partial charge on any atom is 0.238 e. The van der Waals surface area contributed by atoms with Gasteiger partial charge in [0.2, 0.25) is 11.8 Å². The second-order valence-electron chi connectivity index (χ2n) is 8.01. The van der Waals surface area contributed by atoms with Crippen molar-refractivity contribution in [2.24, 2.45) is 0 Å². The lowest BCUT2D eigenvalue weighted by Gasteiger charge is -2.08. The third-order valence-corrected chi connectivity index (χ3v) is 5.37. The number of hydrogen-bond donors (Lipinski definition) is 4. The summed E-state index contributed by atoms with van der Waals surface area (Å²) >= 11 is 0. The van der Waals surface area contributed by atoms with Crippen LogP contribution >= 0.6 is 0 Å². The third kappa shape index (κ3) is 6.02. The van der Waals surface area contributed by atoms with Crippen molar-refractivity contribution < 1.29 is 14.4 Å². The van der Waals surface area contributed by atoms with Gasteiger partial charge in [-0.3, -0.25) is 14.4 Å². The van der Waals surface area contributed by atoms with Gasteiger partial charge in [0.1, 0.15) is 0 Å². The van der Waals surface area contributed by atoms with Gasteiger partial charge in [-0.1, -0.05) is 38.8 Å². The fraction of sp³-hybridized carbons (Fsp3) is 0.400. The average Bonchev–Trinajstić information content (AvgIpc) is 3.05. The molecule has 0 unspecified atom stereocenters. The van der Waals surface area contributed by atoms with Crippen LogP contribution < -0.4 is 21.3 Å². The molecule has 32 heavy (non-hydrogen) atoms. The maximum atomic E-state index is 13.0. The monoisotopic (exact) mass is 436 g/mol. The summed E-state index contributed by atoms with van der Waals surface area (Å²) in [5.41, 5.74) is 3.98. The smallest absolute Gasteiger partial charge is 0.238 e. The summed E-state index contributed by atoms with van der Waals surface area (Å²) < 4.78 is 0. The molecule has 7 heteroatoms. The number of benzene rings is 2. The first-order valence-electron chi connectivity index (χ1n) is 11.4. The molecule has 3 rings (SSSR count). The van der Waals surface area contributed by atoms with Gasteiger partial charge >= 0.3 is 0 Å². The van der Waals surface area contributed by atoms with Crippen LogP contribution in [0.3, 0.4) is 0 Å². The van der Waals surface area contributed by atoms with Gasteiger partial charge in [-0.2, -0.15) is 0 Å². The molecule has 0 heterocycles. The number of fused-ring (bicyclic) bond motifs is 3. The zero-order valence-electron chi connectivity index (χ0n) is 18.8. The Morgan fingerprint density at radius 2 is 1.12 bits per heavy atom. The van der Waals surface area contributed by atoms with Crippen LogP contribution in [-0.4, -0.2) is 43.8 Å². The lowest BCUT2D eigenvalue weighted by molar-refractivity contribution is -0.116. The van der Waals surface area contributed by atoms with E-state index < -0.39 is 0 Å². The molecule has 7 nitrogen and oxygen atoms in total. The van der Waals surface area contributed by atoms with Gasteiger partial charge in [0.25, 0.3) is 0 Å². The summed E-state index contributed by atoms with van der Waals surface area (Å²) in [6.45, 7) is 6.28. The number of amides is 2. The van der Waals surface area contributed by atoms with E-state index >= 15 is 0 Å². The number of hydrogen-bond acceptors (Lipinski definition) is 5. The summed E-state index contributed by atoms with van der Waals surface area (Å²) in [6.07, 6.45) is 4.19. The summed E-state index contributed by atoms with van der Waals surface area (Å²) in [6, 6.07) is 10.8. The SMILES string of the molecule is CCCCNCC(=O)Nc1ccc2c(c1)C(=O)c1cc(NC(=O)CNCCCC)ccc1-2. The Hall–Kier alpha value is -3.03. The molecular weight excluding hydrogens is 404 g/mol. The third-order valence-electron chi connectivity index (χ3n) is 5.37. The molecule has 0 fully saturated rings. The Labute approximate surface area is 189 Å². The molecule has 2 amide bonds. The van der Waals surface area contributed by atoms with Crippen LogP contribution in [0, 0.1) is 0 Å². The predicted molar refractivity (Wildman–Crippen MR) is 128 cm³/mol. The van der Waals surface area contributed by atoms with Crippen LogP contribution in [0.4, 0.5) is 11.4 Å². The van der Waals surface area contributed by atoms with Gasteiger partial charge in [0.05, 0.1) is 13.1 Å². The van der Waals surface area contributed by atoms with E-state index in [1.807, 2.05) is 24.3 Å². The van der Waals surface area contributed by atoms with Crippen molar-refractivity contribution in [1.29, 1.82) is 0 Å². The van der Waals surface area contributed by atoms with Gasteiger partial charge in [-0.15, -0.1) is 0 Å². The minimum Gasteiger partial charge on any atom is -0.325 e. The van der Waals surface area contributed by atoms with Crippen molar-refractivity contribution in [3.05, 3.63) is 47.5 Å². The van der Waals surface area contributed by atoms with E-state index in [2.05, 4.69) is 35.1 Å². The van der Waals surface area contributed by atoms with Crippen molar-refractivity contribution >= 4 is 29.0 Å². The first kappa shape index (κ1) is 23.6. The molecular formula is C25H32N4O3. The molecule has 0 saturated heterocycles. The highest BCUT2D eigenvalue weighted by atomic mass is 16.2. The molecule has 170 valence electrons. The molecule has 0 aromatic heterocycles. The van der Waals surface area contributed by atoms with Gasteiger partial charge in [-0.05, 0) is 61.3 Å². The average molecular weight is 437 g/mol. The molecule has 2 aromatic carbocycles. The minimum atomic E-state index is -0.137. The topological polar surface area (TPSA) is 99.3 Å². The molecule has 0 radical (unpaired) electrons. The van der Waals surface area contributed by atoms with E-state index in [4.69, 9.17) is 0 Å². The zero-order chi connectivity index (χ0) is 22.9. The fourth-order valence-corrected chi connectivity index (χ4v) is 3.65. The number of ketones is 1. The Kier molecular flexibility index (Phi) is 8.53. The molecule has 0 saturated carbocycles. The van der Waals surface area contributed by atoms with E-state index in [1.54, 1.807) is 12.1 Å². The second-order valence-corrected chi connectivity index (χ2v) is 8.01. The molecule has 0 spiro atoms. The summed E-state index contributed by atoms with van der Waals surface area (Å²) in [5.74, 6) is -0.382. The number of rotatable bonds is 12. The van der Waals surface area contributed by atoms with Gasteiger partial charge in [0.15, 0.2) is 5.78 Å². The van der Waals surface area contributed by atoms with Crippen LogP contribution in [0.25, 0.3) is 11.1 Å². The van der Waals surface area contributed by atoms with Crippen LogP contribution in [0.1, 0.15) is 55.5 Å². The molecule has 0 aliphatic heterocycles. The normalized spacial score (nSPS) is 11.8. The molecule has 2 aromatic rings. The lowest BCUT2D eigenvalue weighted by Crippen LogP contribution is -2.28. The highest BCUT2D eigenvalue weighted by Crippen LogP contribution is 2.39. The van der Waals surface area contributed by atoms with Crippen molar-refractivity contribution in [3.8, 4) is 11.1 Å². The second kappa shape index (κ2) is 11.5. The quantitative estimate of drug-likeness (QED) is 0.326. The van der Waals surface area contributed by atoms with E-state index in [9.17, 15) is 14.4 Å². The fourth-order valence-electron chi connectivity index (χ4n) is 3.65. The van der Waals surface area contributed by atoms with E-state index in [1.165, 1.54) is 0 Å². The van der Waals surface area contributed by atoms with Gasteiger partial charge < -0.3 is 21.3 Å². The zero-order valence-corrected chi connectivity index (χ0v) is 18.8. The standard InChI is InChI=1S/C25H32N4O3/c1-3-5-11-26-15-23(30)28-17-7-9-19-20-10-8-18(14-22(20)25(32)21(19)13-17)29-24(31)16-27-12-6-4-2/h7-10,13-14,26-27H,3-6,11-12,15-16H2,1-2H3,(H,28,30)(H,29,31). The van der Waals surface area contributed by atoms with E-state index in [-0.39, 0.29) is 30.7 Å². The summed E-state index contributed by atoms with van der Waals surface area (Å²) in [5, 5.41) is 11.9.